The number of ether oxygens (including phenoxy) is 1. The van der Waals surface area contributed by atoms with E-state index in [9.17, 15) is 4.79 Å². The van der Waals surface area contributed by atoms with E-state index in [0.29, 0.717) is 22.4 Å². The number of carbonyl (C=O) groups is 1. The van der Waals surface area contributed by atoms with Crippen LogP contribution >= 0.6 is 11.6 Å². The van der Waals surface area contributed by atoms with Gasteiger partial charge in [0.1, 0.15) is 10.6 Å². The van der Waals surface area contributed by atoms with Gasteiger partial charge in [-0.25, -0.2) is 9.78 Å². The van der Waals surface area contributed by atoms with Crippen LogP contribution in [-0.4, -0.2) is 62.5 Å². The molecular weight excluding hydrogens is 454 g/mol. The molecule has 1 aliphatic heterocycles. The zero-order valence-corrected chi connectivity index (χ0v) is 21.6. The lowest BCUT2D eigenvalue weighted by Crippen LogP contribution is -2.48. The first-order valence-electron chi connectivity index (χ1n) is 12.0. The van der Waals surface area contributed by atoms with Crippen LogP contribution in [0.3, 0.4) is 0 Å². The lowest BCUT2D eigenvalue weighted by atomic mass is 9.67. The zero-order valence-electron chi connectivity index (χ0n) is 20.8. The molecule has 0 unspecified atom stereocenters. The van der Waals surface area contributed by atoms with E-state index in [-0.39, 0.29) is 6.09 Å². The Kier molecular flexibility index (Phi) is 6.94. The molecule has 0 radical (unpaired) electrons. The van der Waals surface area contributed by atoms with Crippen molar-refractivity contribution in [2.24, 2.45) is 12.5 Å². The Morgan fingerprint density at radius 2 is 1.88 bits per heavy atom. The van der Waals surface area contributed by atoms with E-state index in [2.05, 4.69) is 27.3 Å². The van der Waals surface area contributed by atoms with Gasteiger partial charge in [0.05, 0.1) is 18.1 Å². The molecule has 3 heterocycles. The number of hydrogen-bond acceptors (Lipinski definition) is 7. The van der Waals surface area contributed by atoms with Crippen LogP contribution in [0.25, 0.3) is 0 Å². The van der Waals surface area contributed by atoms with Crippen molar-refractivity contribution in [2.45, 2.75) is 70.9 Å². The molecule has 10 heteroatoms. The first kappa shape index (κ1) is 24.6. The van der Waals surface area contributed by atoms with Crippen molar-refractivity contribution < 1.29 is 9.53 Å². The number of rotatable bonds is 4. The number of halogens is 1. The highest BCUT2D eigenvalue weighted by Gasteiger charge is 2.40. The molecule has 2 fully saturated rings. The number of hydrogen-bond donors (Lipinski definition) is 1. The normalized spacial score (nSPS) is 18.7. The third-order valence-electron chi connectivity index (χ3n) is 7.06. The second-order valence-corrected chi connectivity index (χ2v) is 11.1. The quantitative estimate of drug-likeness (QED) is 0.646. The number of nitrogens with zero attached hydrogens (tertiary/aromatic N) is 6. The van der Waals surface area contributed by atoms with Gasteiger partial charge in [0.25, 0.3) is 0 Å². The Balaban J connectivity index is 1.34. The fraction of sp³-hybridized carbons (Fsp3) is 0.667. The van der Waals surface area contributed by atoms with Gasteiger partial charge >= 0.3 is 6.09 Å². The highest BCUT2D eigenvalue weighted by molar-refractivity contribution is 6.32. The summed E-state index contributed by atoms with van der Waals surface area (Å²) in [5, 5.41) is 7.90. The number of piperidine rings is 1. The van der Waals surface area contributed by atoms with Crippen LogP contribution in [-0.2, 0) is 11.8 Å². The molecule has 0 bridgehead atoms. The summed E-state index contributed by atoms with van der Waals surface area (Å²) in [5.74, 6) is 1.24. The highest BCUT2D eigenvalue weighted by atomic mass is 35.5. The average molecular weight is 490 g/mol. The molecule has 1 saturated heterocycles. The fourth-order valence-electron chi connectivity index (χ4n) is 5.05. The van der Waals surface area contributed by atoms with Crippen molar-refractivity contribution in [3.63, 3.8) is 0 Å². The minimum atomic E-state index is -0.454. The fourth-order valence-corrected chi connectivity index (χ4v) is 5.27. The Labute approximate surface area is 206 Å². The SMILES string of the molecule is CN(c1nc(Nc2cnn(C)c2)ncc1Cl)C1CCC2(CC1)CCN(C(=O)OC(C)(C)C)CC2. The number of amides is 1. The zero-order chi connectivity index (χ0) is 24.5. The largest absolute Gasteiger partial charge is 0.444 e. The summed E-state index contributed by atoms with van der Waals surface area (Å²) < 4.78 is 7.28. The van der Waals surface area contributed by atoms with E-state index in [4.69, 9.17) is 21.3 Å². The number of carbonyl (C=O) groups excluding carboxylic acids is 1. The number of aryl methyl sites for hydroxylation is 1. The molecule has 34 heavy (non-hydrogen) atoms. The smallest absolute Gasteiger partial charge is 0.410 e. The lowest BCUT2D eigenvalue weighted by molar-refractivity contribution is 0.00352. The van der Waals surface area contributed by atoms with E-state index in [1.807, 2.05) is 38.9 Å². The van der Waals surface area contributed by atoms with Gasteiger partial charge in [0.15, 0.2) is 5.82 Å². The summed E-state index contributed by atoms with van der Waals surface area (Å²) in [6.07, 6.45) is 11.6. The topological polar surface area (TPSA) is 88.4 Å². The molecule has 0 aromatic carbocycles. The van der Waals surface area contributed by atoms with Crippen molar-refractivity contribution in [1.82, 2.24) is 24.6 Å². The molecule has 0 atom stereocenters. The maximum atomic E-state index is 12.4. The van der Waals surface area contributed by atoms with E-state index in [1.54, 1.807) is 17.1 Å². The minimum absolute atomic E-state index is 0.190. The third kappa shape index (κ3) is 5.74. The van der Waals surface area contributed by atoms with Gasteiger partial charge in [-0.2, -0.15) is 10.1 Å². The first-order chi connectivity index (χ1) is 16.0. The van der Waals surface area contributed by atoms with E-state index in [1.165, 1.54) is 0 Å². The minimum Gasteiger partial charge on any atom is -0.444 e. The van der Waals surface area contributed by atoms with Gasteiger partial charge in [-0.3, -0.25) is 4.68 Å². The Morgan fingerprint density at radius 1 is 1.21 bits per heavy atom. The average Bonchev–Trinajstić information content (AvgIpc) is 3.19. The Hall–Kier alpha value is -2.55. The van der Waals surface area contributed by atoms with Crippen molar-refractivity contribution in [2.75, 3.05) is 30.4 Å². The maximum absolute atomic E-state index is 12.4. The molecule has 2 aromatic heterocycles. The molecule has 1 amide bonds. The van der Waals surface area contributed by atoms with Gasteiger partial charge in [-0.1, -0.05) is 11.6 Å². The van der Waals surface area contributed by atoms with Gasteiger partial charge in [-0.15, -0.1) is 0 Å². The molecule has 1 spiro atoms. The molecule has 1 N–H and O–H groups in total. The molecule has 2 aliphatic rings. The van der Waals surface area contributed by atoms with Crippen LogP contribution in [0.4, 0.5) is 22.2 Å². The van der Waals surface area contributed by atoms with Crippen LogP contribution in [0.1, 0.15) is 59.3 Å². The molecule has 1 saturated carbocycles. The summed E-state index contributed by atoms with van der Waals surface area (Å²) in [5.41, 5.74) is 0.693. The summed E-state index contributed by atoms with van der Waals surface area (Å²) in [6, 6.07) is 0.369. The Morgan fingerprint density at radius 3 is 2.47 bits per heavy atom. The molecule has 1 aliphatic carbocycles. The standard InChI is InChI=1S/C24H36ClN7O2/c1-23(2,3)34-22(33)32-12-10-24(11-13-32)8-6-18(7-9-24)31(5)20-19(25)15-26-21(29-20)28-17-14-27-30(4)16-17/h14-16,18H,6-13H2,1-5H3,(H,26,28,29). The first-order valence-corrected chi connectivity index (χ1v) is 12.4. The monoisotopic (exact) mass is 489 g/mol. The number of anilines is 3. The van der Waals surface area contributed by atoms with Gasteiger partial charge in [-0.05, 0) is 64.7 Å². The predicted octanol–water partition coefficient (Wildman–Crippen LogP) is 5.00. The second kappa shape index (κ2) is 9.60. The van der Waals surface area contributed by atoms with Crippen molar-refractivity contribution >= 4 is 35.1 Å². The van der Waals surface area contributed by atoms with Crippen LogP contribution in [0.15, 0.2) is 18.6 Å². The summed E-state index contributed by atoms with van der Waals surface area (Å²) in [6.45, 7) is 7.29. The van der Waals surface area contributed by atoms with Crippen molar-refractivity contribution in [3.05, 3.63) is 23.6 Å². The second-order valence-electron chi connectivity index (χ2n) is 10.7. The van der Waals surface area contributed by atoms with E-state index in [0.717, 1.165) is 63.1 Å². The van der Waals surface area contributed by atoms with Gasteiger partial charge in [0, 0.05) is 39.4 Å². The van der Waals surface area contributed by atoms with E-state index < -0.39 is 5.60 Å². The third-order valence-corrected chi connectivity index (χ3v) is 7.33. The lowest BCUT2D eigenvalue weighted by Gasteiger charge is -2.47. The van der Waals surface area contributed by atoms with Crippen LogP contribution < -0.4 is 10.2 Å². The van der Waals surface area contributed by atoms with Gasteiger partial charge in [0.2, 0.25) is 5.95 Å². The maximum Gasteiger partial charge on any atom is 0.410 e. The molecule has 9 nitrogen and oxygen atoms in total. The van der Waals surface area contributed by atoms with Crippen LogP contribution in [0.2, 0.25) is 5.02 Å². The summed E-state index contributed by atoms with van der Waals surface area (Å²) in [4.78, 5) is 25.5. The molecule has 186 valence electrons. The molecule has 4 rings (SSSR count). The van der Waals surface area contributed by atoms with Crippen LogP contribution in [0.5, 0.6) is 0 Å². The molecular formula is C24H36ClN7O2. The van der Waals surface area contributed by atoms with E-state index >= 15 is 0 Å². The molecule has 2 aromatic rings. The summed E-state index contributed by atoms with van der Waals surface area (Å²) >= 11 is 6.49. The highest BCUT2D eigenvalue weighted by Crippen LogP contribution is 2.46. The van der Waals surface area contributed by atoms with Crippen molar-refractivity contribution in [1.29, 1.82) is 0 Å². The van der Waals surface area contributed by atoms with Gasteiger partial charge < -0.3 is 19.9 Å². The summed E-state index contributed by atoms with van der Waals surface area (Å²) in [7, 11) is 3.93. The van der Waals surface area contributed by atoms with Crippen molar-refractivity contribution in [3.8, 4) is 0 Å². The number of nitrogens with one attached hydrogen (secondary N) is 1. The number of likely N-dealkylation sites (tertiary alicyclic amines) is 1. The Bertz CT molecular complexity index is 1000. The predicted molar refractivity (Wildman–Crippen MR) is 134 cm³/mol. The van der Waals surface area contributed by atoms with Crippen LogP contribution in [0, 0.1) is 5.41 Å². The number of aromatic nitrogens is 4.